The summed E-state index contributed by atoms with van der Waals surface area (Å²) in [7, 11) is -8.87. The summed E-state index contributed by atoms with van der Waals surface area (Å²) in [6, 6.07) is 0. The van der Waals surface area contributed by atoms with Gasteiger partial charge in [-0.2, -0.15) is 16.8 Å². The van der Waals surface area contributed by atoms with Crippen molar-refractivity contribution in [3.63, 3.8) is 0 Å². The van der Waals surface area contributed by atoms with Crippen LogP contribution in [0.3, 0.4) is 0 Å². The Bertz CT molecular complexity index is 1020. The maximum Gasteiger partial charge on any atom is 0.284 e. The highest BCUT2D eigenvalue weighted by molar-refractivity contribution is 7.92. The molecule has 146 valence electrons. The molecule has 13 heteroatoms. The van der Waals surface area contributed by atoms with Crippen LogP contribution in [0.4, 0.5) is 0 Å². The fourth-order valence-corrected chi connectivity index (χ4v) is 6.20. The quantitative estimate of drug-likeness (QED) is 0.549. The minimum atomic E-state index is -5.45. The molecule has 0 saturated carbocycles. The Morgan fingerprint density at radius 1 is 0.815 bits per heavy atom. The van der Waals surface area contributed by atoms with Crippen LogP contribution >= 0.6 is 0 Å². The lowest BCUT2D eigenvalue weighted by molar-refractivity contribution is -0.115. The number of carbonyl (C=O) groups excluding carboxylic acids is 2. The molecule has 1 fully saturated rings. The highest BCUT2D eigenvalue weighted by Gasteiger charge is 2.77. The molecule has 27 heavy (non-hydrogen) atoms. The minimum Gasteiger partial charge on any atom is -0.493 e. The summed E-state index contributed by atoms with van der Waals surface area (Å²) < 4.78 is 78.2. The molecule has 2 N–H and O–H groups in total. The molecule has 2 atom stereocenters. The van der Waals surface area contributed by atoms with E-state index in [1.807, 2.05) is 0 Å². The summed E-state index contributed by atoms with van der Waals surface area (Å²) in [5.74, 6) is -4.71. The van der Waals surface area contributed by atoms with Crippen LogP contribution in [0.1, 0.15) is 0 Å². The van der Waals surface area contributed by atoms with E-state index >= 15 is 0 Å². The Labute approximate surface area is 153 Å². The molecule has 0 spiro atoms. The van der Waals surface area contributed by atoms with Crippen molar-refractivity contribution in [1.82, 2.24) is 0 Å². The average molecular weight is 420 g/mol. The SMILES string of the molecule is COC1=CC2(S(=O)(=O)O)C(=CC1=O)OC1=CC(=O)C(OC)=CC12S(=O)(=O)O. The van der Waals surface area contributed by atoms with E-state index in [1.165, 1.54) is 0 Å². The molecule has 2 unspecified atom stereocenters. The predicted octanol–water partition coefficient (Wildman–Crippen LogP) is -0.736. The number of hydrogen-bond donors (Lipinski definition) is 2. The fourth-order valence-electron chi connectivity index (χ4n) is 3.26. The first-order valence-electron chi connectivity index (χ1n) is 7.04. The molecule has 1 aliphatic heterocycles. The van der Waals surface area contributed by atoms with Gasteiger partial charge in [0.1, 0.15) is 11.5 Å². The van der Waals surface area contributed by atoms with Gasteiger partial charge in [-0.25, -0.2) is 0 Å². The van der Waals surface area contributed by atoms with Gasteiger partial charge < -0.3 is 14.2 Å². The van der Waals surface area contributed by atoms with Crippen molar-refractivity contribution in [1.29, 1.82) is 0 Å². The standard InChI is InChI=1S/C14H12O11S2/c1-23-9-5-13(26(17,18)19)11(3-7(9)15)25-12-4-8(16)10(24-2)6-14(12,13)27(20,21)22/h3-6H,1-2H3,(H,17,18,19)(H,20,21,22). The van der Waals surface area contributed by atoms with Gasteiger partial charge in [-0.15, -0.1) is 0 Å². The van der Waals surface area contributed by atoms with Gasteiger partial charge in [0, 0.05) is 12.2 Å². The number of hydrogen-bond acceptors (Lipinski definition) is 9. The molecular formula is C14H12O11S2. The Morgan fingerprint density at radius 3 is 1.41 bits per heavy atom. The van der Waals surface area contributed by atoms with Crippen LogP contribution in [0.2, 0.25) is 0 Å². The molecule has 1 heterocycles. The number of allylic oxidation sites excluding steroid dienone is 2. The smallest absolute Gasteiger partial charge is 0.284 e. The van der Waals surface area contributed by atoms with Gasteiger partial charge in [-0.05, 0) is 12.2 Å². The van der Waals surface area contributed by atoms with E-state index < -0.39 is 64.3 Å². The first-order valence-corrected chi connectivity index (χ1v) is 9.92. The lowest BCUT2D eigenvalue weighted by atomic mass is 9.82. The lowest BCUT2D eigenvalue weighted by Crippen LogP contribution is -2.60. The third-order valence-electron chi connectivity index (χ3n) is 4.44. The van der Waals surface area contributed by atoms with Gasteiger partial charge in [0.2, 0.25) is 21.1 Å². The average Bonchev–Trinajstić information content (AvgIpc) is 2.82. The summed E-state index contributed by atoms with van der Waals surface area (Å²) in [6.45, 7) is 0. The molecule has 11 nitrogen and oxygen atoms in total. The van der Waals surface area contributed by atoms with Crippen LogP contribution in [-0.2, 0) is 44.0 Å². The number of ketones is 2. The van der Waals surface area contributed by atoms with E-state index in [4.69, 9.17) is 14.2 Å². The maximum atomic E-state index is 12.4. The van der Waals surface area contributed by atoms with Crippen molar-refractivity contribution < 1.29 is 49.7 Å². The summed E-state index contributed by atoms with van der Waals surface area (Å²) in [5, 5.41) is 0. The third-order valence-corrected chi connectivity index (χ3v) is 7.47. The van der Waals surface area contributed by atoms with E-state index in [2.05, 4.69) is 0 Å². The molecule has 0 bridgehead atoms. The number of fused-ring (bicyclic) bond motifs is 3. The second-order valence-corrected chi connectivity index (χ2v) is 8.88. The van der Waals surface area contributed by atoms with Crippen molar-refractivity contribution in [2.75, 3.05) is 14.2 Å². The van der Waals surface area contributed by atoms with Gasteiger partial charge in [0.05, 0.1) is 14.2 Å². The first-order chi connectivity index (χ1) is 12.4. The van der Waals surface area contributed by atoms with Crippen LogP contribution in [0.5, 0.6) is 0 Å². The first kappa shape index (κ1) is 19.3. The summed E-state index contributed by atoms with van der Waals surface area (Å²) >= 11 is 0. The Kier molecular flexibility index (Phi) is 3.94. The molecule has 3 aliphatic rings. The van der Waals surface area contributed by atoms with E-state index in [0.717, 1.165) is 14.2 Å². The summed E-state index contributed by atoms with van der Waals surface area (Å²) in [4.78, 5) is 24.0. The molecule has 0 aromatic carbocycles. The number of ether oxygens (including phenoxy) is 3. The molecule has 2 aliphatic carbocycles. The lowest BCUT2D eigenvalue weighted by Gasteiger charge is -2.36. The topological polar surface area (TPSA) is 171 Å². The molecule has 0 aromatic heterocycles. The molecule has 0 amide bonds. The Morgan fingerprint density at radius 2 is 1.15 bits per heavy atom. The van der Waals surface area contributed by atoms with Crippen molar-refractivity contribution in [3.05, 3.63) is 47.3 Å². The van der Waals surface area contributed by atoms with Crippen molar-refractivity contribution in [2.45, 2.75) is 9.49 Å². The van der Waals surface area contributed by atoms with E-state index in [-0.39, 0.29) is 0 Å². The van der Waals surface area contributed by atoms with Gasteiger partial charge in [-0.3, -0.25) is 18.7 Å². The van der Waals surface area contributed by atoms with Crippen LogP contribution in [0, 0.1) is 0 Å². The normalized spacial score (nSPS) is 30.2. The zero-order chi connectivity index (χ0) is 20.4. The highest BCUT2D eigenvalue weighted by atomic mass is 32.2. The fraction of sp³-hybridized carbons (Fsp3) is 0.286. The maximum absolute atomic E-state index is 12.4. The summed E-state index contributed by atoms with van der Waals surface area (Å²) in [6.07, 6.45) is 2.19. The molecule has 0 aromatic rings. The van der Waals surface area contributed by atoms with Crippen molar-refractivity contribution in [3.8, 4) is 0 Å². The van der Waals surface area contributed by atoms with Gasteiger partial charge in [0.15, 0.2) is 11.5 Å². The Hall–Kier alpha value is -2.48. The Balaban J connectivity index is 2.58. The van der Waals surface area contributed by atoms with Gasteiger partial charge in [-0.1, -0.05) is 0 Å². The van der Waals surface area contributed by atoms with Crippen molar-refractivity contribution in [2.24, 2.45) is 0 Å². The van der Waals surface area contributed by atoms with Crippen LogP contribution < -0.4 is 0 Å². The zero-order valence-corrected chi connectivity index (χ0v) is 15.3. The van der Waals surface area contributed by atoms with E-state index in [0.29, 0.717) is 24.3 Å². The predicted molar refractivity (Wildman–Crippen MR) is 86.0 cm³/mol. The molecule has 3 rings (SSSR count). The monoisotopic (exact) mass is 420 g/mol. The van der Waals surface area contributed by atoms with Crippen LogP contribution in [0.25, 0.3) is 0 Å². The number of rotatable bonds is 4. The third kappa shape index (κ3) is 2.19. The highest BCUT2D eigenvalue weighted by Crippen LogP contribution is 2.58. The molecular weight excluding hydrogens is 408 g/mol. The second-order valence-electron chi connectivity index (χ2n) is 5.69. The molecule has 0 radical (unpaired) electrons. The van der Waals surface area contributed by atoms with Gasteiger partial charge >= 0.3 is 0 Å². The van der Waals surface area contributed by atoms with Crippen LogP contribution in [-0.4, -0.2) is 61.2 Å². The summed E-state index contributed by atoms with van der Waals surface area (Å²) in [5.41, 5.74) is 0. The second kappa shape index (κ2) is 5.51. The van der Waals surface area contributed by atoms with Gasteiger partial charge in [0.25, 0.3) is 20.2 Å². The largest absolute Gasteiger partial charge is 0.493 e. The van der Waals surface area contributed by atoms with Crippen LogP contribution in [0.15, 0.2) is 47.3 Å². The minimum absolute atomic E-state index is 0.508. The van der Waals surface area contributed by atoms with E-state index in [1.54, 1.807) is 0 Å². The number of methoxy groups -OCH3 is 2. The van der Waals surface area contributed by atoms with Crippen molar-refractivity contribution >= 4 is 31.8 Å². The van der Waals surface area contributed by atoms with E-state index in [9.17, 15) is 35.5 Å². The number of carbonyl (C=O) groups is 2. The zero-order valence-electron chi connectivity index (χ0n) is 13.7. The molecule has 1 saturated heterocycles.